The molecule has 0 spiro atoms. The first-order valence-electron chi connectivity index (χ1n) is 5.73. The van der Waals surface area contributed by atoms with E-state index in [1.807, 2.05) is 26.0 Å². The average Bonchev–Trinajstić information content (AvgIpc) is 2.84. The summed E-state index contributed by atoms with van der Waals surface area (Å²) in [6, 6.07) is 4.09. The molecule has 0 saturated heterocycles. The summed E-state index contributed by atoms with van der Waals surface area (Å²) in [6.45, 7) is 4.00. The Morgan fingerprint density at radius 2 is 2.13 bits per heavy atom. The highest BCUT2D eigenvalue weighted by Gasteiger charge is 2.17. The largest absolute Gasteiger partial charge is 0.465 e. The Bertz CT molecular complexity index is 302. The maximum absolute atomic E-state index is 5.62. The maximum Gasteiger partial charge on any atom is 0.123 e. The summed E-state index contributed by atoms with van der Waals surface area (Å²) in [4.78, 5) is 5.62. The molecule has 2 rings (SSSR count). The van der Waals surface area contributed by atoms with Gasteiger partial charge in [0, 0.05) is 0 Å². The van der Waals surface area contributed by atoms with Crippen molar-refractivity contribution in [3.63, 3.8) is 0 Å². The van der Waals surface area contributed by atoms with Gasteiger partial charge in [-0.25, -0.2) is 0 Å². The minimum absolute atomic E-state index is 0.124. The predicted octanol–water partition coefficient (Wildman–Crippen LogP) is 3.11. The molecule has 0 aromatic carbocycles. The Morgan fingerprint density at radius 3 is 2.73 bits per heavy atom. The van der Waals surface area contributed by atoms with E-state index in [0.717, 1.165) is 11.5 Å². The van der Waals surface area contributed by atoms with Gasteiger partial charge in [0.2, 0.25) is 0 Å². The third-order valence-electron chi connectivity index (χ3n) is 2.90. The Kier molecular flexibility index (Phi) is 3.44. The lowest BCUT2D eigenvalue weighted by molar-refractivity contribution is -0.0409. The van der Waals surface area contributed by atoms with Crippen molar-refractivity contribution in [2.45, 2.75) is 51.7 Å². The zero-order valence-electron chi connectivity index (χ0n) is 9.45. The molecule has 0 bridgehead atoms. The molecular formula is C12H19NO2. The second kappa shape index (κ2) is 4.81. The van der Waals surface area contributed by atoms with Crippen LogP contribution in [0.25, 0.3) is 0 Å². The predicted molar refractivity (Wildman–Crippen MR) is 58.3 cm³/mol. The summed E-state index contributed by atoms with van der Waals surface area (Å²) < 4.78 is 5.52. The van der Waals surface area contributed by atoms with E-state index in [2.05, 4.69) is 5.48 Å². The number of rotatable bonds is 4. The Hall–Kier alpha value is -0.800. The first kappa shape index (κ1) is 10.7. The monoisotopic (exact) mass is 209 g/mol. The second-order valence-corrected chi connectivity index (χ2v) is 4.31. The average molecular weight is 209 g/mol. The van der Waals surface area contributed by atoms with Gasteiger partial charge in [0.05, 0.1) is 12.1 Å². The van der Waals surface area contributed by atoms with Crippen LogP contribution in [0.3, 0.4) is 0 Å². The van der Waals surface area contributed by atoms with E-state index in [4.69, 9.17) is 9.25 Å². The summed E-state index contributed by atoms with van der Waals surface area (Å²) in [5.41, 5.74) is 3.06. The standard InChI is InChI=1S/C12H19NO2/c1-9-7-8-12(14-9)10(2)13-15-11-5-3-4-6-11/h7-8,10-11,13H,3-6H2,1-2H3. The van der Waals surface area contributed by atoms with Gasteiger partial charge in [0.15, 0.2) is 0 Å². The molecule has 1 aliphatic carbocycles. The van der Waals surface area contributed by atoms with Gasteiger partial charge in [-0.2, -0.15) is 5.48 Å². The summed E-state index contributed by atoms with van der Waals surface area (Å²) in [5.74, 6) is 1.88. The van der Waals surface area contributed by atoms with E-state index >= 15 is 0 Å². The molecule has 0 radical (unpaired) electrons. The van der Waals surface area contributed by atoms with Crippen molar-refractivity contribution in [2.75, 3.05) is 0 Å². The van der Waals surface area contributed by atoms with Crippen LogP contribution in [-0.2, 0) is 4.84 Å². The van der Waals surface area contributed by atoms with Crippen LogP contribution in [0.1, 0.15) is 50.2 Å². The zero-order chi connectivity index (χ0) is 10.7. The van der Waals surface area contributed by atoms with Gasteiger partial charge in [-0.15, -0.1) is 0 Å². The van der Waals surface area contributed by atoms with Crippen LogP contribution in [-0.4, -0.2) is 6.10 Å². The van der Waals surface area contributed by atoms with E-state index in [0.29, 0.717) is 6.10 Å². The molecule has 1 heterocycles. The third-order valence-corrected chi connectivity index (χ3v) is 2.90. The Morgan fingerprint density at radius 1 is 1.40 bits per heavy atom. The zero-order valence-corrected chi connectivity index (χ0v) is 9.45. The highest BCUT2D eigenvalue weighted by atomic mass is 16.7. The number of hydrogen-bond acceptors (Lipinski definition) is 3. The number of hydrogen-bond donors (Lipinski definition) is 1. The number of furan rings is 1. The fourth-order valence-electron chi connectivity index (χ4n) is 1.95. The molecular weight excluding hydrogens is 190 g/mol. The molecule has 3 heteroatoms. The molecule has 1 fully saturated rings. The van der Waals surface area contributed by atoms with Crippen molar-refractivity contribution >= 4 is 0 Å². The van der Waals surface area contributed by atoms with Crippen molar-refractivity contribution in [2.24, 2.45) is 0 Å². The highest BCUT2D eigenvalue weighted by Crippen LogP contribution is 2.22. The molecule has 15 heavy (non-hydrogen) atoms. The molecule has 0 amide bonds. The van der Waals surface area contributed by atoms with Crippen LogP contribution >= 0.6 is 0 Å². The molecule has 1 aromatic heterocycles. The summed E-state index contributed by atoms with van der Waals surface area (Å²) in [7, 11) is 0. The second-order valence-electron chi connectivity index (χ2n) is 4.31. The lowest BCUT2D eigenvalue weighted by Crippen LogP contribution is -2.24. The number of hydroxylamine groups is 1. The SMILES string of the molecule is Cc1ccc(C(C)NOC2CCCC2)o1. The lowest BCUT2D eigenvalue weighted by atomic mass is 10.3. The van der Waals surface area contributed by atoms with Crippen LogP contribution in [0.2, 0.25) is 0 Å². The Balaban J connectivity index is 1.79. The fraction of sp³-hybridized carbons (Fsp3) is 0.667. The molecule has 1 aliphatic rings. The van der Waals surface area contributed by atoms with Crippen LogP contribution in [0.15, 0.2) is 16.5 Å². The molecule has 1 N–H and O–H groups in total. The van der Waals surface area contributed by atoms with E-state index in [9.17, 15) is 0 Å². The van der Waals surface area contributed by atoms with Crippen LogP contribution in [0.5, 0.6) is 0 Å². The van der Waals surface area contributed by atoms with Gasteiger partial charge >= 0.3 is 0 Å². The normalized spacial score (nSPS) is 19.6. The smallest absolute Gasteiger partial charge is 0.123 e. The quantitative estimate of drug-likeness (QED) is 0.774. The molecule has 1 saturated carbocycles. The van der Waals surface area contributed by atoms with Gasteiger partial charge in [-0.1, -0.05) is 12.8 Å². The molecule has 1 aromatic rings. The molecule has 0 aliphatic heterocycles. The summed E-state index contributed by atoms with van der Waals surface area (Å²) in [5, 5.41) is 0. The van der Waals surface area contributed by atoms with Gasteiger partial charge < -0.3 is 4.42 Å². The van der Waals surface area contributed by atoms with E-state index in [1.54, 1.807) is 0 Å². The van der Waals surface area contributed by atoms with Gasteiger partial charge in [-0.3, -0.25) is 4.84 Å². The van der Waals surface area contributed by atoms with Crippen LogP contribution in [0.4, 0.5) is 0 Å². The maximum atomic E-state index is 5.62. The van der Waals surface area contributed by atoms with E-state index in [-0.39, 0.29) is 6.04 Å². The summed E-state index contributed by atoms with van der Waals surface area (Å²) in [6.07, 6.45) is 5.33. The molecule has 3 nitrogen and oxygen atoms in total. The van der Waals surface area contributed by atoms with Gasteiger partial charge in [0.25, 0.3) is 0 Å². The first-order chi connectivity index (χ1) is 7.25. The topological polar surface area (TPSA) is 34.4 Å². The van der Waals surface area contributed by atoms with Crippen LogP contribution in [0, 0.1) is 6.92 Å². The molecule has 1 unspecified atom stereocenters. The summed E-state index contributed by atoms with van der Waals surface area (Å²) >= 11 is 0. The fourth-order valence-corrected chi connectivity index (χ4v) is 1.95. The lowest BCUT2D eigenvalue weighted by Gasteiger charge is -2.15. The van der Waals surface area contributed by atoms with Gasteiger partial charge in [0.1, 0.15) is 11.5 Å². The van der Waals surface area contributed by atoms with Gasteiger partial charge in [-0.05, 0) is 38.8 Å². The van der Waals surface area contributed by atoms with Crippen LogP contribution < -0.4 is 5.48 Å². The third kappa shape index (κ3) is 2.83. The number of nitrogens with one attached hydrogen (secondary N) is 1. The Labute approximate surface area is 90.8 Å². The molecule has 1 atom stereocenters. The first-order valence-corrected chi connectivity index (χ1v) is 5.73. The van der Waals surface area contributed by atoms with Crippen molar-refractivity contribution in [1.82, 2.24) is 5.48 Å². The number of aryl methyl sites for hydroxylation is 1. The minimum Gasteiger partial charge on any atom is -0.465 e. The van der Waals surface area contributed by atoms with Crippen molar-refractivity contribution in [3.05, 3.63) is 23.7 Å². The van der Waals surface area contributed by atoms with E-state index in [1.165, 1.54) is 25.7 Å². The minimum atomic E-state index is 0.124. The van der Waals surface area contributed by atoms with E-state index < -0.39 is 0 Å². The van der Waals surface area contributed by atoms with Crippen molar-refractivity contribution in [3.8, 4) is 0 Å². The highest BCUT2D eigenvalue weighted by molar-refractivity contribution is 5.08. The van der Waals surface area contributed by atoms with Crippen molar-refractivity contribution < 1.29 is 9.25 Å². The molecule has 84 valence electrons. The van der Waals surface area contributed by atoms with Crippen molar-refractivity contribution in [1.29, 1.82) is 0 Å².